The molecule has 0 heterocycles. The zero-order valence-electron chi connectivity index (χ0n) is 10.5. The van der Waals surface area contributed by atoms with Gasteiger partial charge in [-0.2, -0.15) is 0 Å². The molecule has 1 aromatic carbocycles. The molecule has 0 heteroatoms. The van der Waals surface area contributed by atoms with Crippen LogP contribution in [0.25, 0.3) is 0 Å². The smallest absolute Gasteiger partial charge is 0.0250 e. The van der Waals surface area contributed by atoms with Crippen molar-refractivity contribution in [2.45, 2.75) is 40.5 Å². The lowest BCUT2D eigenvalue weighted by molar-refractivity contribution is 0.271. The fraction of sp³-hybridized carbons (Fsp3) is 0.600. The zero-order valence-corrected chi connectivity index (χ0v) is 10.5. The van der Waals surface area contributed by atoms with Crippen molar-refractivity contribution in [3.05, 3.63) is 35.9 Å². The Hall–Kier alpha value is -0.780. The van der Waals surface area contributed by atoms with Gasteiger partial charge in [0.05, 0.1) is 0 Å². The van der Waals surface area contributed by atoms with E-state index in [4.69, 9.17) is 0 Å². The number of benzene rings is 1. The summed E-state index contributed by atoms with van der Waals surface area (Å²) in [6, 6.07) is 10.8. The van der Waals surface area contributed by atoms with E-state index in [9.17, 15) is 0 Å². The lowest BCUT2D eigenvalue weighted by Crippen LogP contribution is -2.17. The van der Waals surface area contributed by atoms with Crippen molar-refractivity contribution in [3.63, 3.8) is 0 Å². The highest BCUT2D eigenvalue weighted by molar-refractivity contribution is 5.15. The number of hydrogen-bond donors (Lipinski definition) is 0. The first-order valence-corrected chi connectivity index (χ1v) is 6.19. The molecule has 0 bridgehead atoms. The second-order valence-corrected chi connectivity index (χ2v) is 4.91. The van der Waals surface area contributed by atoms with Crippen LogP contribution in [0.5, 0.6) is 0 Å². The summed E-state index contributed by atoms with van der Waals surface area (Å²) in [6.07, 6.45) is 2.51. The van der Waals surface area contributed by atoms with Crippen LogP contribution in [0.4, 0.5) is 0 Å². The molecule has 0 saturated carbocycles. The van der Waals surface area contributed by atoms with Crippen molar-refractivity contribution in [1.29, 1.82) is 0 Å². The van der Waals surface area contributed by atoms with Crippen LogP contribution in [0.3, 0.4) is 0 Å². The van der Waals surface area contributed by atoms with E-state index in [2.05, 4.69) is 58.0 Å². The van der Waals surface area contributed by atoms with Crippen molar-refractivity contribution in [2.75, 3.05) is 0 Å². The Bertz CT molecular complexity index is 263. The van der Waals surface area contributed by atoms with Crippen LogP contribution in [0.15, 0.2) is 30.3 Å². The highest BCUT2D eigenvalue weighted by Gasteiger charge is 2.17. The van der Waals surface area contributed by atoms with Gasteiger partial charge in [-0.3, -0.25) is 0 Å². The maximum absolute atomic E-state index is 2.39. The monoisotopic (exact) mass is 204 g/mol. The second-order valence-electron chi connectivity index (χ2n) is 4.91. The minimum Gasteiger partial charge on any atom is -0.0651 e. The molecule has 1 unspecified atom stereocenters. The van der Waals surface area contributed by atoms with Crippen LogP contribution < -0.4 is 0 Å². The Morgan fingerprint density at radius 2 is 1.53 bits per heavy atom. The third kappa shape index (κ3) is 3.70. The van der Waals surface area contributed by atoms with Crippen molar-refractivity contribution in [3.8, 4) is 0 Å². The first kappa shape index (κ1) is 12.3. The Kier molecular flexibility index (Phi) is 4.87. The molecule has 0 amide bonds. The van der Waals surface area contributed by atoms with Crippen LogP contribution in [0, 0.1) is 17.8 Å². The van der Waals surface area contributed by atoms with E-state index in [1.54, 1.807) is 0 Å². The molecule has 0 nitrogen and oxygen atoms in total. The average molecular weight is 204 g/mol. The maximum Gasteiger partial charge on any atom is -0.0250 e. The van der Waals surface area contributed by atoms with Crippen molar-refractivity contribution >= 4 is 0 Å². The van der Waals surface area contributed by atoms with Gasteiger partial charge in [-0.15, -0.1) is 0 Å². The summed E-state index contributed by atoms with van der Waals surface area (Å²) in [5, 5.41) is 0. The minimum absolute atomic E-state index is 0.780. The van der Waals surface area contributed by atoms with Crippen molar-refractivity contribution in [1.82, 2.24) is 0 Å². The molecule has 0 radical (unpaired) electrons. The molecule has 0 aliphatic rings. The Morgan fingerprint density at radius 3 is 2.07 bits per heavy atom. The van der Waals surface area contributed by atoms with Crippen LogP contribution >= 0.6 is 0 Å². The maximum atomic E-state index is 2.39. The Balaban J connectivity index is 2.52. The van der Waals surface area contributed by atoms with Gasteiger partial charge >= 0.3 is 0 Å². The molecule has 1 rings (SSSR count). The zero-order chi connectivity index (χ0) is 11.3. The summed E-state index contributed by atoms with van der Waals surface area (Å²) in [7, 11) is 0. The molecule has 3 atom stereocenters. The highest BCUT2D eigenvalue weighted by atomic mass is 14.2. The van der Waals surface area contributed by atoms with Gasteiger partial charge in [-0.05, 0) is 29.7 Å². The highest BCUT2D eigenvalue weighted by Crippen LogP contribution is 2.25. The van der Waals surface area contributed by atoms with Crippen molar-refractivity contribution < 1.29 is 0 Å². The Morgan fingerprint density at radius 1 is 0.933 bits per heavy atom. The van der Waals surface area contributed by atoms with E-state index in [1.807, 2.05) is 0 Å². The normalized spacial score (nSPS) is 17.1. The quantitative estimate of drug-likeness (QED) is 0.660. The molecule has 84 valence electrons. The fourth-order valence-electron chi connectivity index (χ4n) is 2.10. The molecule has 0 aliphatic heterocycles. The summed E-state index contributed by atoms with van der Waals surface area (Å²) in [4.78, 5) is 0. The standard InChI is InChI=1S/C15H24/c1-5-12(2)14(4)13(3)11-15-9-7-6-8-10-15/h6-10,12-14H,5,11H2,1-4H3/t12-,13?,14+/m1/s1. The summed E-state index contributed by atoms with van der Waals surface area (Å²) < 4.78 is 0. The summed E-state index contributed by atoms with van der Waals surface area (Å²) in [5.74, 6) is 2.43. The summed E-state index contributed by atoms with van der Waals surface area (Å²) >= 11 is 0. The molecule has 0 N–H and O–H groups in total. The molecule has 0 spiro atoms. The van der Waals surface area contributed by atoms with E-state index >= 15 is 0 Å². The first-order chi connectivity index (χ1) is 7.15. The fourth-order valence-corrected chi connectivity index (χ4v) is 2.10. The Labute approximate surface area is 94.7 Å². The van der Waals surface area contributed by atoms with Crippen LogP contribution in [0.2, 0.25) is 0 Å². The molecule has 0 aromatic heterocycles. The minimum atomic E-state index is 0.780. The molecule has 0 fully saturated rings. The third-order valence-corrected chi connectivity index (χ3v) is 3.84. The number of rotatable bonds is 5. The third-order valence-electron chi connectivity index (χ3n) is 3.84. The van der Waals surface area contributed by atoms with E-state index in [1.165, 1.54) is 18.4 Å². The van der Waals surface area contributed by atoms with E-state index in [0.29, 0.717) is 0 Å². The van der Waals surface area contributed by atoms with Gasteiger partial charge in [-0.1, -0.05) is 64.4 Å². The molecular formula is C15H24. The van der Waals surface area contributed by atoms with Gasteiger partial charge in [0.15, 0.2) is 0 Å². The van der Waals surface area contributed by atoms with Crippen LogP contribution in [-0.2, 0) is 6.42 Å². The van der Waals surface area contributed by atoms with E-state index < -0.39 is 0 Å². The van der Waals surface area contributed by atoms with Gasteiger partial charge < -0.3 is 0 Å². The van der Waals surface area contributed by atoms with E-state index in [0.717, 1.165) is 17.8 Å². The lowest BCUT2D eigenvalue weighted by atomic mass is 9.80. The van der Waals surface area contributed by atoms with Gasteiger partial charge in [0.25, 0.3) is 0 Å². The largest absolute Gasteiger partial charge is 0.0651 e. The average Bonchev–Trinajstić information content (AvgIpc) is 2.28. The molecule has 15 heavy (non-hydrogen) atoms. The molecular weight excluding hydrogens is 180 g/mol. The van der Waals surface area contributed by atoms with Crippen LogP contribution in [-0.4, -0.2) is 0 Å². The number of hydrogen-bond acceptors (Lipinski definition) is 0. The predicted molar refractivity (Wildman–Crippen MR) is 67.9 cm³/mol. The van der Waals surface area contributed by atoms with Gasteiger partial charge in [0.1, 0.15) is 0 Å². The molecule has 1 aromatic rings. The topological polar surface area (TPSA) is 0 Å². The summed E-state index contributed by atoms with van der Waals surface area (Å²) in [6.45, 7) is 9.42. The SMILES string of the molecule is CC[C@@H](C)[C@H](C)C(C)Cc1ccccc1. The van der Waals surface area contributed by atoms with Gasteiger partial charge in [0.2, 0.25) is 0 Å². The second kappa shape index (κ2) is 5.95. The van der Waals surface area contributed by atoms with Gasteiger partial charge in [-0.25, -0.2) is 0 Å². The predicted octanol–water partition coefficient (Wildman–Crippen LogP) is 4.55. The molecule has 0 aliphatic carbocycles. The lowest BCUT2D eigenvalue weighted by Gasteiger charge is -2.25. The van der Waals surface area contributed by atoms with Gasteiger partial charge in [0, 0.05) is 0 Å². The van der Waals surface area contributed by atoms with Crippen LogP contribution in [0.1, 0.15) is 39.7 Å². The van der Waals surface area contributed by atoms with E-state index in [-0.39, 0.29) is 0 Å². The van der Waals surface area contributed by atoms with Crippen molar-refractivity contribution in [2.24, 2.45) is 17.8 Å². The first-order valence-electron chi connectivity index (χ1n) is 6.19. The molecule has 0 saturated heterocycles. The summed E-state index contributed by atoms with van der Waals surface area (Å²) in [5.41, 5.74) is 1.47.